The molecule has 24 heavy (non-hydrogen) atoms. The second-order valence-electron chi connectivity index (χ2n) is 6.11. The molecule has 0 aliphatic carbocycles. The quantitative estimate of drug-likeness (QED) is 0.795. The third-order valence-electron chi connectivity index (χ3n) is 3.83. The minimum atomic E-state index is -0.0975. The molecule has 1 heterocycles. The number of hydrogen-bond acceptors (Lipinski definition) is 3. The maximum absolute atomic E-state index is 12.7. The molecule has 1 aromatic carbocycles. The van der Waals surface area contributed by atoms with Gasteiger partial charge in [-0.15, -0.1) is 0 Å². The standard InChI is InChI=1S/C18H25ClN4O/c1-4-12-23-17(9-11-20-23)18(24)21-16(10-13-22(2)3)14-5-7-15(19)8-6-14/h5-9,11,16H,4,10,12-13H2,1-3H3,(H,21,24). The van der Waals surface area contributed by atoms with E-state index in [9.17, 15) is 4.79 Å². The average molecular weight is 349 g/mol. The Morgan fingerprint density at radius 1 is 1.29 bits per heavy atom. The van der Waals surface area contributed by atoms with Crippen molar-refractivity contribution in [3.8, 4) is 0 Å². The molecule has 0 bridgehead atoms. The lowest BCUT2D eigenvalue weighted by Crippen LogP contribution is -2.32. The maximum Gasteiger partial charge on any atom is 0.270 e. The van der Waals surface area contributed by atoms with Gasteiger partial charge < -0.3 is 10.2 Å². The zero-order chi connectivity index (χ0) is 17.5. The van der Waals surface area contributed by atoms with Gasteiger partial charge in [-0.05, 0) is 57.2 Å². The van der Waals surface area contributed by atoms with Crippen LogP contribution in [0.2, 0.25) is 5.02 Å². The van der Waals surface area contributed by atoms with Crippen molar-refractivity contribution in [2.45, 2.75) is 32.4 Å². The molecule has 130 valence electrons. The van der Waals surface area contributed by atoms with Gasteiger partial charge in [0.05, 0.1) is 6.04 Å². The summed E-state index contributed by atoms with van der Waals surface area (Å²) < 4.78 is 1.75. The highest BCUT2D eigenvalue weighted by atomic mass is 35.5. The lowest BCUT2D eigenvalue weighted by molar-refractivity contribution is 0.0921. The first-order valence-electron chi connectivity index (χ1n) is 8.24. The van der Waals surface area contributed by atoms with Crippen LogP contribution in [-0.4, -0.2) is 41.2 Å². The summed E-state index contributed by atoms with van der Waals surface area (Å²) in [5.74, 6) is -0.0975. The van der Waals surface area contributed by atoms with Crippen LogP contribution in [0.15, 0.2) is 36.5 Å². The highest BCUT2D eigenvalue weighted by molar-refractivity contribution is 6.30. The molecule has 2 rings (SSSR count). The predicted molar refractivity (Wildman–Crippen MR) is 97.3 cm³/mol. The summed E-state index contributed by atoms with van der Waals surface area (Å²) in [6.45, 7) is 3.68. The van der Waals surface area contributed by atoms with Crippen molar-refractivity contribution in [3.05, 3.63) is 52.8 Å². The van der Waals surface area contributed by atoms with Gasteiger partial charge in [0.1, 0.15) is 5.69 Å². The van der Waals surface area contributed by atoms with Gasteiger partial charge in [-0.25, -0.2) is 0 Å². The molecule has 0 aliphatic rings. The van der Waals surface area contributed by atoms with Crippen molar-refractivity contribution in [2.75, 3.05) is 20.6 Å². The highest BCUT2D eigenvalue weighted by Crippen LogP contribution is 2.20. The molecular weight excluding hydrogens is 324 g/mol. The average Bonchev–Trinajstić information content (AvgIpc) is 3.01. The van der Waals surface area contributed by atoms with Crippen LogP contribution in [0.1, 0.15) is 41.9 Å². The van der Waals surface area contributed by atoms with Gasteiger partial charge in [-0.3, -0.25) is 9.48 Å². The fourth-order valence-electron chi connectivity index (χ4n) is 2.55. The van der Waals surface area contributed by atoms with Crippen LogP contribution in [0, 0.1) is 0 Å². The summed E-state index contributed by atoms with van der Waals surface area (Å²) >= 11 is 5.98. The van der Waals surface area contributed by atoms with E-state index in [1.54, 1.807) is 16.9 Å². The fraction of sp³-hybridized carbons (Fsp3) is 0.444. The zero-order valence-corrected chi connectivity index (χ0v) is 15.3. The summed E-state index contributed by atoms with van der Waals surface area (Å²) in [6.07, 6.45) is 3.42. The number of carbonyl (C=O) groups is 1. The van der Waals surface area contributed by atoms with Gasteiger partial charge in [0.2, 0.25) is 0 Å². The maximum atomic E-state index is 12.7. The number of aryl methyl sites for hydroxylation is 1. The number of aromatic nitrogens is 2. The van der Waals surface area contributed by atoms with Crippen LogP contribution in [0.25, 0.3) is 0 Å². The number of carbonyl (C=O) groups excluding carboxylic acids is 1. The molecule has 1 unspecified atom stereocenters. The molecule has 1 atom stereocenters. The smallest absolute Gasteiger partial charge is 0.270 e. The van der Waals surface area contributed by atoms with Gasteiger partial charge in [-0.1, -0.05) is 30.7 Å². The van der Waals surface area contributed by atoms with Crippen LogP contribution in [0.4, 0.5) is 0 Å². The first-order chi connectivity index (χ1) is 11.5. The van der Waals surface area contributed by atoms with Crippen molar-refractivity contribution in [1.82, 2.24) is 20.0 Å². The minimum absolute atomic E-state index is 0.0675. The predicted octanol–water partition coefficient (Wildman–Crippen LogP) is 3.37. The van der Waals surface area contributed by atoms with Gasteiger partial charge in [-0.2, -0.15) is 5.10 Å². The number of benzene rings is 1. The molecule has 0 saturated carbocycles. The SMILES string of the molecule is CCCn1nccc1C(=O)NC(CCN(C)C)c1ccc(Cl)cc1. The molecule has 1 N–H and O–H groups in total. The lowest BCUT2D eigenvalue weighted by Gasteiger charge is -2.21. The van der Waals surface area contributed by atoms with E-state index in [1.165, 1.54) is 0 Å². The van der Waals surface area contributed by atoms with E-state index < -0.39 is 0 Å². The minimum Gasteiger partial charge on any atom is -0.344 e. The third kappa shape index (κ3) is 5.08. The third-order valence-corrected chi connectivity index (χ3v) is 4.08. The second-order valence-corrected chi connectivity index (χ2v) is 6.55. The van der Waals surface area contributed by atoms with E-state index in [4.69, 9.17) is 11.6 Å². The Morgan fingerprint density at radius 3 is 2.62 bits per heavy atom. The highest BCUT2D eigenvalue weighted by Gasteiger charge is 2.18. The van der Waals surface area contributed by atoms with E-state index >= 15 is 0 Å². The number of halogens is 1. The van der Waals surface area contributed by atoms with Crippen molar-refractivity contribution >= 4 is 17.5 Å². The molecule has 0 fully saturated rings. The zero-order valence-electron chi connectivity index (χ0n) is 14.5. The fourth-order valence-corrected chi connectivity index (χ4v) is 2.68. The summed E-state index contributed by atoms with van der Waals surface area (Å²) in [7, 11) is 4.05. The van der Waals surface area contributed by atoms with Crippen molar-refractivity contribution in [3.63, 3.8) is 0 Å². The Kier molecular flexibility index (Phi) is 6.82. The largest absolute Gasteiger partial charge is 0.344 e. The molecule has 5 nitrogen and oxygen atoms in total. The summed E-state index contributed by atoms with van der Waals surface area (Å²) in [4.78, 5) is 14.8. The molecule has 2 aromatic rings. The van der Waals surface area contributed by atoms with Gasteiger partial charge in [0, 0.05) is 17.8 Å². The Hall–Kier alpha value is -1.85. The molecule has 0 radical (unpaired) electrons. The van der Waals surface area contributed by atoms with Gasteiger partial charge >= 0.3 is 0 Å². The van der Waals surface area contributed by atoms with Crippen LogP contribution >= 0.6 is 11.6 Å². The Balaban J connectivity index is 2.16. The van der Waals surface area contributed by atoms with Crippen LogP contribution in [0.3, 0.4) is 0 Å². The number of hydrogen-bond donors (Lipinski definition) is 1. The lowest BCUT2D eigenvalue weighted by atomic mass is 10.0. The number of nitrogens with one attached hydrogen (secondary N) is 1. The summed E-state index contributed by atoms with van der Waals surface area (Å²) in [5.41, 5.74) is 1.65. The first kappa shape index (κ1) is 18.5. The van der Waals surface area contributed by atoms with Crippen LogP contribution in [0.5, 0.6) is 0 Å². The van der Waals surface area contributed by atoms with E-state index in [0.29, 0.717) is 10.7 Å². The summed E-state index contributed by atoms with van der Waals surface area (Å²) in [6, 6.07) is 9.33. The Bertz CT molecular complexity index is 651. The Morgan fingerprint density at radius 2 is 2.00 bits per heavy atom. The van der Waals surface area contributed by atoms with E-state index in [0.717, 1.165) is 31.5 Å². The number of amides is 1. The summed E-state index contributed by atoms with van der Waals surface area (Å²) in [5, 5.41) is 8.05. The Labute approximate surface area is 148 Å². The second kappa shape index (κ2) is 8.85. The van der Waals surface area contributed by atoms with Crippen LogP contribution < -0.4 is 5.32 Å². The van der Waals surface area contributed by atoms with E-state index in [2.05, 4.69) is 22.2 Å². The molecule has 6 heteroatoms. The molecule has 0 aliphatic heterocycles. The molecule has 0 spiro atoms. The van der Waals surface area contributed by atoms with Gasteiger partial charge in [0.25, 0.3) is 5.91 Å². The molecule has 1 amide bonds. The molecular formula is C18H25ClN4O. The number of rotatable bonds is 8. The monoisotopic (exact) mass is 348 g/mol. The van der Waals surface area contributed by atoms with Gasteiger partial charge in [0.15, 0.2) is 0 Å². The van der Waals surface area contributed by atoms with Crippen molar-refractivity contribution in [1.29, 1.82) is 0 Å². The molecule has 1 aromatic heterocycles. The van der Waals surface area contributed by atoms with E-state index in [1.807, 2.05) is 38.4 Å². The van der Waals surface area contributed by atoms with Crippen molar-refractivity contribution in [2.24, 2.45) is 0 Å². The van der Waals surface area contributed by atoms with Crippen LogP contribution in [-0.2, 0) is 6.54 Å². The van der Waals surface area contributed by atoms with Crippen molar-refractivity contribution < 1.29 is 4.79 Å². The van der Waals surface area contributed by atoms with E-state index in [-0.39, 0.29) is 11.9 Å². The topological polar surface area (TPSA) is 50.2 Å². The number of nitrogens with zero attached hydrogens (tertiary/aromatic N) is 3. The normalized spacial score (nSPS) is 12.4. The first-order valence-corrected chi connectivity index (χ1v) is 8.62. The molecule has 0 saturated heterocycles.